The van der Waals surface area contributed by atoms with Gasteiger partial charge in [-0.3, -0.25) is 9.48 Å². The van der Waals surface area contributed by atoms with Gasteiger partial charge in [-0.15, -0.1) is 0 Å². The molecule has 116 valence electrons. The summed E-state index contributed by atoms with van der Waals surface area (Å²) in [7, 11) is 0. The third-order valence-corrected chi connectivity index (χ3v) is 4.32. The summed E-state index contributed by atoms with van der Waals surface area (Å²) < 4.78 is 15.1. The molecule has 1 aliphatic heterocycles. The molecule has 0 radical (unpaired) electrons. The minimum atomic E-state index is -0.284. The summed E-state index contributed by atoms with van der Waals surface area (Å²) >= 11 is 6.13. The molecule has 3 rings (SSSR count). The number of carbonyl (C=O) groups is 1. The summed E-state index contributed by atoms with van der Waals surface area (Å²) in [4.78, 5) is 14.6. The van der Waals surface area contributed by atoms with Gasteiger partial charge in [-0.25, -0.2) is 4.39 Å². The van der Waals surface area contributed by atoms with Crippen LogP contribution in [-0.2, 0) is 6.54 Å². The van der Waals surface area contributed by atoms with Crippen LogP contribution >= 0.6 is 11.6 Å². The number of aromatic nitrogens is 2. The summed E-state index contributed by atoms with van der Waals surface area (Å²) in [5.74, 6) is -0.426. The topological polar surface area (TPSA) is 38.1 Å². The zero-order valence-corrected chi connectivity index (χ0v) is 13.1. The molecule has 0 aliphatic carbocycles. The molecule has 1 fully saturated rings. The fourth-order valence-corrected chi connectivity index (χ4v) is 3.24. The Morgan fingerprint density at radius 2 is 2.32 bits per heavy atom. The van der Waals surface area contributed by atoms with Crippen LogP contribution in [0, 0.1) is 5.82 Å². The van der Waals surface area contributed by atoms with Gasteiger partial charge in [0.2, 0.25) is 0 Å². The largest absolute Gasteiger partial charge is 0.330 e. The molecule has 0 saturated carbocycles. The number of rotatable bonds is 3. The first-order valence-electron chi connectivity index (χ1n) is 7.39. The van der Waals surface area contributed by atoms with Crippen molar-refractivity contribution in [1.82, 2.24) is 14.7 Å². The normalized spacial score (nSPS) is 18.0. The number of amides is 1. The number of likely N-dealkylation sites (tertiary alicyclic amines) is 1. The smallest absolute Gasteiger partial charge is 0.274 e. The van der Waals surface area contributed by atoms with E-state index in [4.69, 9.17) is 11.6 Å². The third kappa shape index (κ3) is 2.61. The summed E-state index contributed by atoms with van der Waals surface area (Å²) in [5, 5.41) is 4.47. The second-order valence-corrected chi connectivity index (χ2v) is 5.78. The molecule has 1 aromatic heterocycles. The van der Waals surface area contributed by atoms with Crippen molar-refractivity contribution >= 4 is 17.5 Å². The van der Waals surface area contributed by atoms with E-state index in [1.165, 1.54) is 18.3 Å². The van der Waals surface area contributed by atoms with Crippen LogP contribution in [0.1, 0.15) is 41.9 Å². The van der Waals surface area contributed by atoms with Gasteiger partial charge in [-0.2, -0.15) is 5.10 Å². The molecule has 1 atom stereocenters. The van der Waals surface area contributed by atoms with Gasteiger partial charge in [0.05, 0.1) is 17.3 Å². The lowest BCUT2D eigenvalue weighted by Crippen LogP contribution is -2.32. The number of hydrogen-bond donors (Lipinski definition) is 0. The van der Waals surface area contributed by atoms with Crippen LogP contribution in [-0.4, -0.2) is 27.1 Å². The number of nitrogens with zero attached hydrogens (tertiary/aromatic N) is 3. The molecule has 2 heterocycles. The minimum absolute atomic E-state index is 0.112. The van der Waals surface area contributed by atoms with E-state index in [0.717, 1.165) is 18.4 Å². The van der Waals surface area contributed by atoms with Crippen LogP contribution in [0.25, 0.3) is 0 Å². The maximum Gasteiger partial charge on any atom is 0.274 e. The van der Waals surface area contributed by atoms with E-state index in [1.807, 2.05) is 13.0 Å². The molecule has 6 heteroatoms. The zero-order chi connectivity index (χ0) is 15.7. The number of hydrogen-bond acceptors (Lipinski definition) is 2. The van der Waals surface area contributed by atoms with Crippen molar-refractivity contribution < 1.29 is 9.18 Å². The number of halogens is 2. The van der Waals surface area contributed by atoms with Crippen molar-refractivity contribution in [3.05, 3.63) is 52.6 Å². The van der Waals surface area contributed by atoms with Gasteiger partial charge in [-0.05, 0) is 37.5 Å². The molecule has 22 heavy (non-hydrogen) atoms. The van der Waals surface area contributed by atoms with Crippen molar-refractivity contribution in [2.24, 2.45) is 0 Å². The van der Waals surface area contributed by atoms with Gasteiger partial charge in [0.15, 0.2) is 0 Å². The Kier molecular flexibility index (Phi) is 4.16. The van der Waals surface area contributed by atoms with E-state index in [-0.39, 0.29) is 17.8 Å². The molecule has 1 aliphatic rings. The first-order valence-corrected chi connectivity index (χ1v) is 7.77. The van der Waals surface area contributed by atoms with Gasteiger partial charge in [0.1, 0.15) is 11.5 Å². The highest BCUT2D eigenvalue weighted by Crippen LogP contribution is 2.34. The lowest BCUT2D eigenvalue weighted by molar-refractivity contribution is 0.0723. The fourth-order valence-electron chi connectivity index (χ4n) is 3.02. The van der Waals surface area contributed by atoms with Crippen LogP contribution in [0.2, 0.25) is 5.02 Å². The average molecular weight is 322 g/mol. The molecular formula is C16H17ClFN3O. The molecule has 0 N–H and O–H groups in total. The second-order valence-electron chi connectivity index (χ2n) is 5.37. The molecule has 4 nitrogen and oxygen atoms in total. The van der Waals surface area contributed by atoms with Crippen molar-refractivity contribution in [2.45, 2.75) is 32.4 Å². The van der Waals surface area contributed by atoms with Crippen LogP contribution in [0.3, 0.4) is 0 Å². The minimum Gasteiger partial charge on any atom is -0.330 e. The molecular weight excluding hydrogens is 305 g/mol. The number of benzene rings is 1. The zero-order valence-electron chi connectivity index (χ0n) is 12.3. The highest BCUT2D eigenvalue weighted by Gasteiger charge is 2.33. The van der Waals surface area contributed by atoms with Crippen LogP contribution in [0.15, 0.2) is 30.5 Å². The fraction of sp³-hybridized carbons (Fsp3) is 0.375. The van der Waals surface area contributed by atoms with Gasteiger partial charge < -0.3 is 4.90 Å². The Labute approximate surface area is 133 Å². The van der Waals surface area contributed by atoms with E-state index in [2.05, 4.69) is 5.10 Å². The number of carbonyl (C=O) groups excluding carboxylic acids is 1. The van der Waals surface area contributed by atoms with Crippen LogP contribution in [0.4, 0.5) is 4.39 Å². The molecule has 1 aromatic carbocycles. The number of aryl methyl sites for hydroxylation is 1. The van der Waals surface area contributed by atoms with Crippen molar-refractivity contribution in [2.75, 3.05) is 6.54 Å². The Hall–Kier alpha value is -1.88. The van der Waals surface area contributed by atoms with E-state index in [1.54, 1.807) is 15.6 Å². The predicted octanol–water partition coefficient (Wildman–Crippen LogP) is 3.67. The Balaban J connectivity index is 1.93. The van der Waals surface area contributed by atoms with Crippen LogP contribution in [0.5, 0.6) is 0 Å². The second kappa shape index (κ2) is 6.08. The third-order valence-electron chi connectivity index (χ3n) is 4.04. The highest BCUT2D eigenvalue weighted by molar-refractivity contribution is 6.33. The summed E-state index contributed by atoms with van der Waals surface area (Å²) in [6, 6.07) is 6.33. The average Bonchev–Trinajstić information content (AvgIpc) is 3.13. The van der Waals surface area contributed by atoms with Crippen molar-refractivity contribution in [3.8, 4) is 0 Å². The molecule has 1 unspecified atom stereocenters. The van der Waals surface area contributed by atoms with Crippen molar-refractivity contribution in [1.29, 1.82) is 0 Å². The van der Waals surface area contributed by atoms with Gasteiger partial charge in [0, 0.05) is 13.1 Å². The van der Waals surface area contributed by atoms with E-state index >= 15 is 0 Å². The molecule has 1 amide bonds. The quantitative estimate of drug-likeness (QED) is 0.865. The molecule has 1 saturated heterocycles. The first-order chi connectivity index (χ1) is 10.6. The SMILES string of the molecule is CCn1ncc(Cl)c1C(=O)N1CCCC1c1cccc(F)c1. The van der Waals surface area contributed by atoms with Gasteiger partial charge in [0.25, 0.3) is 5.91 Å². The molecule has 0 bridgehead atoms. The van der Waals surface area contributed by atoms with Crippen LogP contribution < -0.4 is 0 Å². The Bertz CT molecular complexity index is 700. The lowest BCUT2D eigenvalue weighted by atomic mass is 10.0. The molecule has 2 aromatic rings. The van der Waals surface area contributed by atoms with E-state index in [9.17, 15) is 9.18 Å². The Morgan fingerprint density at radius 3 is 3.05 bits per heavy atom. The summed E-state index contributed by atoms with van der Waals surface area (Å²) in [5.41, 5.74) is 1.23. The Morgan fingerprint density at radius 1 is 1.50 bits per heavy atom. The monoisotopic (exact) mass is 321 g/mol. The van der Waals surface area contributed by atoms with Crippen molar-refractivity contribution in [3.63, 3.8) is 0 Å². The maximum absolute atomic E-state index is 13.5. The lowest BCUT2D eigenvalue weighted by Gasteiger charge is -2.25. The van der Waals surface area contributed by atoms with Gasteiger partial charge in [-0.1, -0.05) is 23.7 Å². The van der Waals surface area contributed by atoms with E-state index < -0.39 is 0 Å². The molecule has 0 spiro atoms. The standard InChI is InChI=1S/C16H17ClFN3O/c1-2-21-15(13(17)10-19-21)16(22)20-8-4-7-14(20)11-5-3-6-12(18)9-11/h3,5-6,9-10,14H,2,4,7-8H2,1H3. The maximum atomic E-state index is 13.5. The first kappa shape index (κ1) is 15.0. The summed E-state index contributed by atoms with van der Waals surface area (Å²) in [6.45, 7) is 3.13. The highest BCUT2D eigenvalue weighted by atomic mass is 35.5. The summed E-state index contributed by atoms with van der Waals surface area (Å²) in [6.07, 6.45) is 3.21. The van der Waals surface area contributed by atoms with Gasteiger partial charge >= 0.3 is 0 Å². The predicted molar refractivity (Wildman–Crippen MR) is 82.3 cm³/mol. The van der Waals surface area contributed by atoms with E-state index in [0.29, 0.717) is 23.8 Å².